The van der Waals surface area contributed by atoms with E-state index in [0.717, 1.165) is 29.9 Å². The van der Waals surface area contributed by atoms with E-state index < -0.39 is 5.91 Å². The van der Waals surface area contributed by atoms with Crippen molar-refractivity contribution in [1.29, 1.82) is 0 Å². The molecule has 146 valence electrons. The molecule has 4 aromatic rings. The van der Waals surface area contributed by atoms with Crippen LogP contribution in [0.4, 0.5) is 4.39 Å². The number of rotatable bonds is 5. The number of aromatic nitrogens is 3. The van der Waals surface area contributed by atoms with Gasteiger partial charge in [-0.05, 0) is 48.5 Å². The van der Waals surface area contributed by atoms with Gasteiger partial charge >= 0.3 is 0 Å². The zero-order chi connectivity index (χ0) is 20.0. The van der Waals surface area contributed by atoms with Gasteiger partial charge in [-0.2, -0.15) is 5.10 Å². The van der Waals surface area contributed by atoms with Gasteiger partial charge in [0, 0.05) is 30.1 Å². The highest BCUT2D eigenvalue weighted by Crippen LogP contribution is 2.31. The molecule has 8 heteroatoms. The van der Waals surface area contributed by atoms with E-state index in [4.69, 9.17) is 10.5 Å². The molecule has 0 unspecified atom stereocenters. The molecule has 1 aliphatic rings. The Balaban J connectivity index is 1.49. The van der Waals surface area contributed by atoms with Gasteiger partial charge in [0.25, 0.3) is 5.91 Å². The van der Waals surface area contributed by atoms with Crippen LogP contribution in [0.5, 0.6) is 11.5 Å². The van der Waals surface area contributed by atoms with E-state index in [0.29, 0.717) is 28.8 Å². The zero-order valence-corrected chi connectivity index (χ0v) is 15.4. The molecule has 0 atom stereocenters. The van der Waals surface area contributed by atoms with Crippen LogP contribution in [0.2, 0.25) is 0 Å². The molecule has 2 aromatic heterocycles. The summed E-state index contributed by atoms with van der Waals surface area (Å²) >= 11 is 0. The van der Waals surface area contributed by atoms with E-state index in [-0.39, 0.29) is 5.82 Å². The van der Waals surface area contributed by atoms with Crippen LogP contribution in [-0.2, 0) is 0 Å². The smallest absolute Gasteiger partial charge is 0.269 e. The standard InChI is InChI=1S/C21H18FN5O2/c22-14-3-7-16(8-4-14)29-15-5-1-12(2-6-15)18-19(20(23)28)27-21(26-18)17(11-25-27)13-9-24-10-13/h1-8,11,13,24,26H,9-10H2,(H2,23,28). The molecular weight excluding hydrogens is 373 g/mol. The molecule has 0 aliphatic carbocycles. The molecule has 7 nitrogen and oxygen atoms in total. The first-order valence-electron chi connectivity index (χ1n) is 9.24. The topological polar surface area (TPSA) is 97.4 Å². The first-order chi connectivity index (χ1) is 14.1. The van der Waals surface area contributed by atoms with E-state index in [1.54, 1.807) is 35.0 Å². The molecule has 1 amide bonds. The van der Waals surface area contributed by atoms with E-state index in [2.05, 4.69) is 15.4 Å². The van der Waals surface area contributed by atoms with Crippen molar-refractivity contribution in [2.45, 2.75) is 5.92 Å². The third-order valence-corrected chi connectivity index (χ3v) is 5.14. The lowest BCUT2D eigenvalue weighted by Gasteiger charge is -2.25. The predicted molar refractivity (Wildman–Crippen MR) is 106 cm³/mol. The zero-order valence-electron chi connectivity index (χ0n) is 15.4. The molecule has 0 spiro atoms. The van der Waals surface area contributed by atoms with Crippen molar-refractivity contribution in [3.8, 4) is 22.8 Å². The highest BCUT2D eigenvalue weighted by molar-refractivity contribution is 5.98. The van der Waals surface area contributed by atoms with Crippen LogP contribution in [0.3, 0.4) is 0 Å². The van der Waals surface area contributed by atoms with E-state index >= 15 is 0 Å². The number of hydrogen-bond donors (Lipinski definition) is 3. The fraction of sp³-hybridized carbons (Fsp3) is 0.143. The Morgan fingerprint density at radius 3 is 2.34 bits per heavy atom. The number of carbonyl (C=O) groups excluding carboxylic acids is 1. The number of nitrogens with zero attached hydrogens (tertiary/aromatic N) is 2. The van der Waals surface area contributed by atoms with Crippen LogP contribution in [0.1, 0.15) is 22.0 Å². The van der Waals surface area contributed by atoms with Gasteiger partial charge in [-0.25, -0.2) is 8.91 Å². The summed E-state index contributed by atoms with van der Waals surface area (Å²) in [4.78, 5) is 15.5. The summed E-state index contributed by atoms with van der Waals surface area (Å²) in [5.41, 5.74) is 9.21. The number of nitrogens with two attached hydrogens (primary N) is 1. The molecule has 1 saturated heterocycles. The van der Waals surface area contributed by atoms with Gasteiger partial charge in [0.05, 0.1) is 11.9 Å². The summed E-state index contributed by atoms with van der Waals surface area (Å²) in [6, 6.07) is 13.0. The summed E-state index contributed by atoms with van der Waals surface area (Å²) in [6.45, 7) is 1.77. The fourth-order valence-corrected chi connectivity index (χ4v) is 3.51. The average molecular weight is 391 g/mol. The maximum Gasteiger partial charge on any atom is 0.269 e. The normalized spacial score (nSPS) is 14.1. The number of primary amides is 1. The van der Waals surface area contributed by atoms with Crippen molar-refractivity contribution >= 4 is 11.6 Å². The SMILES string of the molecule is NC(=O)c1c(-c2ccc(Oc3ccc(F)cc3)cc2)[nH]c2c(C3CNC3)cnn12. The Labute approximate surface area is 165 Å². The molecule has 0 bridgehead atoms. The van der Waals surface area contributed by atoms with E-state index in [1.807, 2.05) is 12.1 Å². The second kappa shape index (κ2) is 6.75. The first-order valence-corrected chi connectivity index (χ1v) is 9.24. The van der Waals surface area contributed by atoms with Gasteiger partial charge in [-0.1, -0.05) is 0 Å². The number of benzene rings is 2. The van der Waals surface area contributed by atoms with Crippen molar-refractivity contribution in [3.63, 3.8) is 0 Å². The lowest BCUT2D eigenvalue weighted by Crippen LogP contribution is -2.39. The average Bonchev–Trinajstić information content (AvgIpc) is 3.23. The Hall–Kier alpha value is -3.65. The Kier molecular flexibility index (Phi) is 4.06. The number of halogens is 1. The van der Waals surface area contributed by atoms with Gasteiger partial charge in [-0.3, -0.25) is 4.79 Å². The molecule has 29 heavy (non-hydrogen) atoms. The second-order valence-electron chi connectivity index (χ2n) is 7.01. The van der Waals surface area contributed by atoms with Gasteiger partial charge < -0.3 is 20.8 Å². The summed E-state index contributed by atoms with van der Waals surface area (Å²) in [5.74, 6) is 0.624. The largest absolute Gasteiger partial charge is 0.457 e. The third-order valence-electron chi connectivity index (χ3n) is 5.14. The Morgan fingerprint density at radius 1 is 1.10 bits per heavy atom. The molecule has 0 saturated carbocycles. The monoisotopic (exact) mass is 391 g/mol. The van der Waals surface area contributed by atoms with E-state index in [1.165, 1.54) is 12.1 Å². The fourth-order valence-electron chi connectivity index (χ4n) is 3.51. The second-order valence-corrected chi connectivity index (χ2v) is 7.01. The van der Waals surface area contributed by atoms with Crippen LogP contribution in [0.15, 0.2) is 54.7 Å². The summed E-state index contributed by atoms with van der Waals surface area (Å²) in [6.07, 6.45) is 1.78. The van der Waals surface area contributed by atoms with Crippen molar-refractivity contribution in [1.82, 2.24) is 19.9 Å². The maximum absolute atomic E-state index is 13.0. The van der Waals surface area contributed by atoms with Crippen LogP contribution in [-0.4, -0.2) is 33.6 Å². The molecule has 0 radical (unpaired) electrons. The molecule has 3 heterocycles. The number of carbonyl (C=O) groups is 1. The summed E-state index contributed by atoms with van der Waals surface area (Å²) in [7, 11) is 0. The van der Waals surface area contributed by atoms with Crippen molar-refractivity contribution in [3.05, 3.63) is 71.8 Å². The minimum Gasteiger partial charge on any atom is -0.457 e. The maximum atomic E-state index is 13.0. The highest BCUT2D eigenvalue weighted by Gasteiger charge is 2.27. The lowest BCUT2D eigenvalue weighted by atomic mass is 9.96. The number of nitrogens with one attached hydrogen (secondary N) is 2. The number of imidazole rings is 1. The number of amides is 1. The minimum absolute atomic E-state index is 0.311. The Bertz CT molecular complexity index is 1190. The minimum atomic E-state index is -0.556. The molecule has 2 aromatic carbocycles. The lowest BCUT2D eigenvalue weighted by molar-refractivity contribution is 0.0994. The van der Waals surface area contributed by atoms with Crippen molar-refractivity contribution in [2.75, 3.05) is 13.1 Å². The number of hydrogen-bond acceptors (Lipinski definition) is 4. The quantitative estimate of drug-likeness (QED) is 0.487. The predicted octanol–water partition coefficient (Wildman–Crippen LogP) is 3.05. The summed E-state index contributed by atoms with van der Waals surface area (Å²) < 4.78 is 20.3. The van der Waals surface area contributed by atoms with Gasteiger partial charge in [0.1, 0.15) is 23.0 Å². The highest BCUT2D eigenvalue weighted by atomic mass is 19.1. The van der Waals surface area contributed by atoms with Crippen LogP contribution < -0.4 is 15.8 Å². The van der Waals surface area contributed by atoms with Crippen LogP contribution >= 0.6 is 0 Å². The van der Waals surface area contributed by atoms with Crippen LogP contribution in [0.25, 0.3) is 16.9 Å². The Morgan fingerprint density at radius 2 is 1.76 bits per heavy atom. The van der Waals surface area contributed by atoms with Crippen molar-refractivity contribution < 1.29 is 13.9 Å². The molecule has 1 aliphatic heterocycles. The molecular formula is C21H18FN5O2. The number of ether oxygens (including phenoxy) is 1. The third kappa shape index (κ3) is 3.03. The molecule has 4 N–H and O–H groups in total. The first kappa shape index (κ1) is 17.4. The molecule has 1 fully saturated rings. The van der Waals surface area contributed by atoms with Gasteiger partial charge in [-0.15, -0.1) is 0 Å². The van der Waals surface area contributed by atoms with Gasteiger partial charge in [0.2, 0.25) is 0 Å². The number of aromatic amines is 1. The van der Waals surface area contributed by atoms with Gasteiger partial charge in [0.15, 0.2) is 5.69 Å². The number of H-pyrrole nitrogens is 1. The molecule has 5 rings (SSSR count). The summed E-state index contributed by atoms with van der Waals surface area (Å²) in [5, 5.41) is 7.61. The van der Waals surface area contributed by atoms with E-state index in [9.17, 15) is 9.18 Å². The van der Waals surface area contributed by atoms with Crippen LogP contribution in [0, 0.1) is 5.82 Å². The number of fused-ring (bicyclic) bond motifs is 1. The van der Waals surface area contributed by atoms with Crippen molar-refractivity contribution in [2.24, 2.45) is 5.73 Å².